The fraction of sp³-hybridized carbons (Fsp3) is 0.0250. The standard InChI is InChI=1S/C40H30BrN3O3S/c41-32-17-9-10-27(24-32)25-36(44-38(45)30-14-5-2-6-15-30)39(46)42-33-20-22-35(23-21-33)48-37(29-12-3-1-4-13-29)40(47)43-34-19-18-28-11-7-8-16-31(28)26-34/h1-26,37H,(H,42,46)(H,43,47)(H,44,45)/b36-25-. The number of thioether (sulfide) groups is 1. The Balaban J connectivity index is 1.18. The molecule has 236 valence electrons. The molecule has 0 aliphatic carbocycles. The third kappa shape index (κ3) is 8.47. The van der Waals surface area contributed by atoms with E-state index in [2.05, 4.69) is 31.9 Å². The second-order valence-corrected chi connectivity index (χ2v) is 13.0. The van der Waals surface area contributed by atoms with Crippen molar-refractivity contribution in [2.75, 3.05) is 10.6 Å². The van der Waals surface area contributed by atoms with Crippen molar-refractivity contribution in [1.29, 1.82) is 0 Å². The van der Waals surface area contributed by atoms with Crippen LogP contribution in [-0.4, -0.2) is 17.7 Å². The first kappa shape index (κ1) is 32.5. The van der Waals surface area contributed by atoms with E-state index < -0.39 is 17.1 Å². The van der Waals surface area contributed by atoms with Crippen LogP contribution in [0.5, 0.6) is 0 Å². The SMILES string of the molecule is O=C(Nc1ccc(SC(C(=O)Nc2ccc3ccccc3c2)c2ccccc2)cc1)/C(=C/c1cccc(Br)c1)NC(=O)c1ccccc1. The van der Waals surface area contributed by atoms with Crippen LogP contribution in [-0.2, 0) is 9.59 Å². The maximum absolute atomic E-state index is 13.7. The number of anilines is 2. The van der Waals surface area contributed by atoms with Gasteiger partial charge in [0.15, 0.2) is 0 Å². The van der Waals surface area contributed by atoms with E-state index in [4.69, 9.17) is 0 Å². The molecule has 0 spiro atoms. The maximum atomic E-state index is 13.7. The van der Waals surface area contributed by atoms with Gasteiger partial charge in [0.25, 0.3) is 11.8 Å². The first-order valence-corrected chi connectivity index (χ1v) is 16.8. The van der Waals surface area contributed by atoms with Crippen molar-refractivity contribution in [3.05, 3.63) is 179 Å². The molecule has 0 bridgehead atoms. The van der Waals surface area contributed by atoms with E-state index in [9.17, 15) is 14.4 Å². The van der Waals surface area contributed by atoms with Crippen molar-refractivity contribution in [2.24, 2.45) is 0 Å². The zero-order valence-electron chi connectivity index (χ0n) is 25.6. The average molecular weight is 713 g/mol. The van der Waals surface area contributed by atoms with E-state index in [0.717, 1.165) is 37.0 Å². The predicted octanol–water partition coefficient (Wildman–Crippen LogP) is 9.48. The fourth-order valence-corrected chi connectivity index (χ4v) is 6.47. The molecule has 0 aromatic heterocycles. The number of carbonyl (C=O) groups excluding carboxylic acids is 3. The summed E-state index contributed by atoms with van der Waals surface area (Å²) >= 11 is 4.88. The van der Waals surface area contributed by atoms with Crippen molar-refractivity contribution >= 4 is 73.6 Å². The molecule has 0 aliphatic heterocycles. The topological polar surface area (TPSA) is 87.3 Å². The van der Waals surface area contributed by atoms with Gasteiger partial charge in [0, 0.05) is 26.3 Å². The molecule has 8 heteroatoms. The zero-order valence-corrected chi connectivity index (χ0v) is 28.0. The molecular formula is C40H30BrN3O3S. The molecule has 0 aliphatic rings. The highest BCUT2D eigenvalue weighted by molar-refractivity contribution is 9.10. The minimum Gasteiger partial charge on any atom is -0.325 e. The number of hydrogen-bond acceptors (Lipinski definition) is 4. The Morgan fingerprint density at radius 1 is 0.625 bits per heavy atom. The van der Waals surface area contributed by atoms with Crippen molar-refractivity contribution in [1.82, 2.24) is 5.32 Å². The van der Waals surface area contributed by atoms with Gasteiger partial charge in [-0.1, -0.05) is 107 Å². The predicted molar refractivity (Wildman–Crippen MR) is 199 cm³/mol. The number of carbonyl (C=O) groups is 3. The maximum Gasteiger partial charge on any atom is 0.272 e. The van der Waals surface area contributed by atoms with Crippen LogP contribution in [0, 0.1) is 0 Å². The number of nitrogens with one attached hydrogen (secondary N) is 3. The van der Waals surface area contributed by atoms with Gasteiger partial charge in [0.2, 0.25) is 5.91 Å². The van der Waals surface area contributed by atoms with Crippen molar-refractivity contribution in [2.45, 2.75) is 10.1 Å². The summed E-state index contributed by atoms with van der Waals surface area (Å²) in [6.07, 6.45) is 1.63. The Morgan fingerprint density at radius 3 is 2.02 bits per heavy atom. The summed E-state index contributed by atoms with van der Waals surface area (Å²) in [5, 5.41) is 10.4. The molecule has 1 unspecified atom stereocenters. The largest absolute Gasteiger partial charge is 0.325 e. The minimum atomic E-state index is -0.522. The van der Waals surface area contributed by atoms with Gasteiger partial charge in [-0.15, -0.1) is 11.8 Å². The van der Waals surface area contributed by atoms with Gasteiger partial charge in [-0.3, -0.25) is 14.4 Å². The van der Waals surface area contributed by atoms with Crippen molar-refractivity contribution < 1.29 is 14.4 Å². The van der Waals surface area contributed by atoms with Gasteiger partial charge in [0.05, 0.1) is 0 Å². The van der Waals surface area contributed by atoms with E-state index in [0.29, 0.717) is 11.3 Å². The van der Waals surface area contributed by atoms with Crippen LogP contribution in [0.2, 0.25) is 0 Å². The monoisotopic (exact) mass is 711 g/mol. The van der Waals surface area contributed by atoms with E-state index in [-0.39, 0.29) is 11.6 Å². The molecule has 1 atom stereocenters. The Labute approximate surface area is 291 Å². The van der Waals surface area contributed by atoms with Gasteiger partial charge in [0.1, 0.15) is 10.9 Å². The number of amides is 3. The molecule has 6 aromatic carbocycles. The fourth-order valence-electron chi connectivity index (χ4n) is 5.03. The summed E-state index contributed by atoms with van der Waals surface area (Å²) in [5.74, 6) is -1.01. The summed E-state index contributed by atoms with van der Waals surface area (Å²) in [4.78, 5) is 41.0. The Morgan fingerprint density at radius 2 is 1.29 bits per heavy atom. The molecule has 0 fully saturated rings. The number of hydrogen-bond donors (Lipinski definition) is 3. The van der Waals surface area contributed by atoms with Gasteiger partial charge >= 0.3 is 0 Å². The molecule has 6 nitrogen and oxygen atoms in total. The van der Waals surface area contributed by atoms with E-state index >= 15 is 0 Å². The number of rotatable bonds is 10. The van der Waals surface area contributed by atoms with Crippen molar-refractivity contribution in [3.63, 3.8) is 0 Å². The summed E-state index contributed by atoms with van der Waals surface area (Å²) in [7, 11) is 0. The number of halogens is 1. The highest BCUT2D eigenvalue weighted by Gasteiger charge is 2.23. The van der Waals surface area contributed by atoms with Gasteiger partial charge in [-0.05, 0) is 88.6 Å². The van der Waals surface area contributed by atoms with Crippen LogP contribution in [0.3, 0.4) is 0 Å². The highest BCUT2D eigenvalue weighted by atomic mass is 79.9. The molecule has 3 amide bonds. The quantitative estimate of drug-likeness (QED) is 0.0976. The van der Waals surface area contributed by atoms with Crippen LogP contribution >= 0.6 is 27.7 Å². The molecule has 6 rings (SSSR count). The van der Waals surface area contributed by atoms with E-state index in [1.165, 1.54) is 11.8 Å². The summed E-state index contributed by atoms with van der Waals surface area (Å²) in [6, 6.07) is 47.0. The second kappa shape index (κ2) is 15.4. The Bertz CT molecular complexity index is 2100. The summed E-state index contributed by atoms with van der Waals surface area (Å²) in [5.41, 5.74) is 3.40. The second-order valence-electron chi connectivity index (χ2n) is 10.9. The smallest absolute Gasteiger partial charge is 0.272 e. The highest BCUT2D eigenvalue weighted by Crippen LogP contribution is 2.37. The molecule has 0 heterocycles. The van der Waals surface area contributed by atoms with Crippen LogP contribution < -0.4 is 16.0 Å². The van der Waals surface area contributed by atoms with Gasteiger partial charge in [-0.2, -0.15) is 0 Å². The lowest BCUT2D eigenvalue weighted by atomic mass is 10.1. The Kier molecular flexibility index (Phi) is 10.4. The number of benzene rings is 6. The van der Waals surface area contributed by atoms with Crippen LogP contribution in [0.25, 0.3) is 16.8 Å². The van der Waals surface area contributed by atoms with Crippen molar-refractivity contribution in [3.8, 4) is 0 Å². The first-order valence-electron chi connectivity index (χ1n) is 15.2. The van der Waals surface area contributed by atoms with E-state index in [1.54, 1.807) is 42.5 Å². The molecule has 3 N–H and O–H groups in total. The summed E-state index contributed by atoms with van der Waals surface area (Å²) < 4.78 is 0.846. The molecule has 0 radical (unpaired) electrons. The summed E-state index contributed by atoms with van der Waals surface area (Å²) in [6.45, 7) is 0. The molecular weight excluding hydrogens is 682 g/mol. The zero-order chi connectivity index (χ0) is 33.3. The normalized spacial score (nSPS) is 11.8. The van der Waals surface area contributed by atoms with Gasteiger partial charge in [-0.25, -0.2) is 0 Å². The lowest BCUT2D eigenvalue weighted by molar-refractivity contribution is -0.116. The lowest BCUT2D eigenvalue weighted by Crippen LogP contribution is -2.30. The third-order valence-corrected chi connectivity index (χ3v) is 9.17. The van der Waals surface area contributed by atoms with E-state index in [1.807, 2.05) is 115 Å². The van der Waals surface area contributed by atoms with Crippen LogP contribution in [0.15, 0.2) is 167 Å². The van der Waals surface area contributed by atoms with Crippen LogP contribution in [0.4, 0.5) is 11.4 Å². The molecule has 6 aromatic rings. The average Bonchev–Trinajstić information content (AvgIpc) is 3.11. The lowest BCUT2D eigenvalue weighted by Gasteiger charge is -2.18. The van der Waals surface area contributed by atoms with Crippen LogP contribution in [0.1, 0.15) is 26.7 Å². The first-order chi connectivity index (χ1) is 23.4. The molecule has 0 saturated carbocycles. The number of fused-ring (bicyclic) bond motifs is 1. The third-order valence-electron chi connectivity index (χ3n) is 7.41. The molecule has 0 saturated heterocycles. The molecule has 48 heavy (non-hydrogen) atoms. The van der Waals surface area contributed by atoms with Gasteiger partial charge < -0.3 is 16.0 Å². The minimum absolute atomic E-state index is 0.0925. The Hall–Kier alpha value is -5.44.